The van der Waals surface area contributed by atoms with Crippen LogP contribution in [0.15, 0.2) is 18.2 Å². The van der Waals surface area contributed by atoms with E-state index in [4.69, 9.17) is 4.74 Å². The highest BCUT2D eigenvalue weighted by atomic mass is 19.1. The van der Waals surface area contributed by atoms with Gasteiger partial charge in [0.15, 0.2) is 5.69 Å². The van der Waals surface area contributed by atoms with Crippen molar-refractivity contribution >= 4 is 16.9 Å². The van der Waals surface area contributed by atoms with Gasteiger partial charge in [-0.15, -0.1) is 0 Å². The summed E-state index contributed by atoms with van der Waals surface area (Å²) in [7, 11) is 0. The topological polar surface area (TPSA) is 64.4 Å². The van der Waals surface area contributed by atoms with E-state index in [0.29, 0.717) is 24.1 Å². The molecule has 120 valence electrons. The highest BCUT2D eigenvalue weighted by molar-refractivity contribution is 6.01. The van der Waals surface area contributed by atoms with E-state index < -0.39 is 11.6 Å². The molecule has 5 nitrogen and oxygen atoms in total. The van der Waals surface area contributed by atoms with Gasteiger partial charge in [0.2, 0.25) is 0 Å². The standard InChI is InChI=1S/C16H21FN2O3/c1-4-8-19-13-10-11(22-9-7-16(2,3)17)5-6-12(13)14(18-19)15(20)21/h5-6,10H,4,7-9H2,1-3H3,(H,20,21). The fourth-order valence-electron chi connectivity index (χ4n) is 2.20. The predicted molar refractivity (Wildman–Crippen MR) is 82.3 cm³/mol. The molecule has 0 amide bonds. The molecule has 2 aromatic rings. The molecule has 1 aromatic heterocycles. The molecule has 0 saturated carbocycles. The van der Waals surface area contributed by atoms with Crippen LogP contribution in [0, 0.1) is 0 Å². The van der Waals surface area contributed by atoms with E-state index in [1.54, 1.807) is 22.9 Å². The number of aryl methyl sites for hydroxylation is 1. The number of hydrogen-bond acceptors (Lipinski definition) is 3. The lowest BCUT2D eigenvalue weighted by molar-refractivity contribution is 0.0691. The quantitative estimate of drug-likeness (QED) is 0.847. The third-order valence-electron chi connectivity index (χ3n) is 3.33. The average Bonchev–Trinajstić information content (AvgIpc) is 2.76. The number of carboxylic acids is 1. The van der Waals surface area contributed by atoms with Gasteiger partial charge in [-0.3, -0.25) is 4.68 Å². The first-order chi connectivity index (χ1) is 10.3. The Morgan fingerprint density at radius 1 is 1.45 bits per heavy atom. The van der Waals surface area contributed by atoms with Gasteiger partial charge in [0, 0.05) is 24.4 Å². The lowest BCUT2D eigenvalue weighted by atomic mass is 10.1. The molecule has 6 heteroatoms. The number of hydrogen-bond donors (Lipinski definition) is 1. The highest BCUT2D eigenvalue weighted by Crippen LogP contribution is 2.25. The summed E-state index contributed by atoms with van der Waals surface area (Å²) in [6.45, 7) is 5.91. The summed E-state index contributed by atoms with van der Waals surface area (Å²) in [5.74, 6) is -0.460. The number of alkyl halides is 1. The highest BCUT2D eigenvalue weighted by Gasteiger charge is 2.18. The molecule has 0 saturated heterocycles. The van der Waals surface area contributed by atoms with Crippen LogP contribution in [0.5, 0.6) is 5.75 Å². The Hall–Kier alpha value is -2.11. The lowest BCUT2D eigenvalue weighted by Gasteiger charge is -2.14. The maximum atomic E-state index is 13.4. The van der Waals surface area contributed by atoms with Crippen molar-refractivity contribution in [3.63, 3.8) is 0 Å². The van der Waals surface area contributed by atoms with Crippen LogP contribution in [0.25, 0.3) is 10.9 Å². The number of rotatable bonds is 7. The molecule has 0 radical (unpaired) electrons. The zero-order valence-electron chi connectivity index (χ0n) is 13.1. The van der Waals surface area contributed by atoms with E-state index in [9.17, 15) is 14.3 Å². The fourth-order valence-corrected chi connectivity index (χ4v) is 2.20. The van der Waals surface area contributed by atoms with Crippen LogP contribution in [0.2, 0.25) is 0 Å². The SMILES string of the molecule is CCCn1nc(C(=O)O)c2ccc(OCCC(C)(C)F)cc21. The number of benzene rings is 1. The minimum absolute atomic E-state index is 0.0416. The van der Waals surface area contributed by atoms with E-state index >= 15 is 0 Å². The van der Waals surface area contributed by atoms with Crippen molar-refractivity contribution < 1.29 is 19.0 Å². The third-order valence-corrected chi connectivity index (χ3v) is 3.33. The first-order valence-electron chi connectivity index (χ1n) is 7.37. The minimum Gasteiger partial charge on any atom is -0.493 e. The number of carbonyl (C=O) groups is 1. The molecule has 22 heavy (non-hydrogen) atoms. The number of ether oxygens (including phenoxy) is 1. The zero-order valence-corrected chi connectivity index (χ0v) is 13.1. The average molecular weight is 308 g/mol. The second kappa shape index (κ2) is 6.34. The molecule has 0 aliphatic heterocycles. The molecular formula is C16H21FN2O3. The van der Waals surface area contributed by atoms with Crippen molar-refractivity contribution in [1.82, 2.24) is 9.78 Å². The molecule has 0 unspecified atom stereocenters. The van der Waals surface area contributed by atoms with Gasteiger partial charge in [0.25, 0.3) is 0 Å². The van der Waals surface area contributed by atoms with Gasteiger partial charge in [-0.25, -0.2) is 9.18 Å². The summed E-state index contributed by atoms with van der Waals surface area (Å²) in [4.78, 5) is 11.3. The molecule has 0 spiro atoms. The van der Waals surface area contributed by atoms with Crippen LogP contribution in [0.1, 0.15) is 44.1 Å². The number of halogens is 1. The summed E-state index contributed by atoms with van der Waals surface area (Å²) in [5.41, 5.74) is -0.513. The van der Waals surface area contributed by atoms with Crippen LogP contribution in [0.3, 0.4) is 0 Å². The molecule has 0 aliphatic carbocycles. The molecule has 1 aromatic carbocycles. The Bertz CT molecular complexity index is 674. The van der Waals surface area contributed by atoms with Gasteiger partial charge in [-0.1, -0.05) is 6.92 Å². The van der Waals surface area contributed by atoms with Crippen molar-refractivity contribution in [2.24, 2.45) is 0 Å². The van der Waals surface area contributed by atoms with Crippen LogP contribution < -0.4 is 4.74 Å². The number of carboxylic acid groups (broad SMARTS) is 1. The van der Waals surface area contributed by atoms with Gasteiger partial charge in [0.1, 0.15) is 11.4 Å². The second-order valence-corrected chi connectivity index (χ2v) is 5.87. The normalized spacial score (nSPS) is 11.8. The van der Waals surface area contributed by atoms with Gasteiger partial charge in [-0.05, 0) is 32.4 Å². The Balaban J connectivity index is 2.28. The summed E-state index contributed by atoms with van der Waals surface area (Å²) in [5, 5.41) is 13.9. The Morgan fingerprint density at radius 3 is 2.77 bits per heavy atom. The Morgan fingerprint density at radius 2 is 2.18 bits per heavy atom. The molecular weight excluding hydrogens is 287 g/mol. The van der Waals surface area contributed by atoms with Crippen molar-refractivity contribution in [3.05, 3.63) is 23.9 Å². The van der Waals surface area contributed by atoms with Gasteiger partial charge >= 0.3 is 5.97 Å². The molecule has 0 atom stereocenters. The summed E-state index contributed by atoms with van der Waals surface area (Å²) < 4.78 is 20.7. The summed E-state index contributed by atoms with van der Waals surface area (Å²) in [6.07, 6.45) is 1.14. The van der Waals surface area contributed by atoms with Crippen molar-refractivity contribution in [3.8, 4) is 5.75 Å². The minimum atomic E-state index is -1.27. The number of aromatic carboxylic acids is 1. The first-order valence-corrected chi connectivity index (χ1v) is 7.37. The predicted octanol–water partition coefficient (Wildman–Crippen LogP) is 3.66. The van der Waals surface area contributed by atoms with Gasteiger partial charge < -0.3 is 9.84 Å². The lowest BCUT2D eigenvalue weighted by Crippen LogP contribution is -2.16. The zero-order chi connectivity index (χ0) is 16.3. The number of aromatic nitrogens is 2. The largest absolute Gasteiger partial charge is 0.493 e. The van der Waals surface area contributed by atoms with Crippen molar-refractivity contribution in [1.29, 1.82) is 0 Å². The van der Waals surface area contributed by atoms with Crippen molar-refractivity contribution in [2.75, 3.05) is 6.61 Å². The summed E-state index contributed by atoms with van der Waals surface area (Å²) in [6, 6.07) is 5.14. The second-order valence-electron chi connectivity index (χ2n) is 5.87. The molecule has 1 heterocycles. The van der Waals surface area contributed by atoms with E-state index in [0.717, 1.165) is 11.9 Å². The maximum absolute atomic E-state index is 13.4. The molecule has 1 N–H and O–H groups in total. The van der Waals surface area contributed by atoms with E-state index in [1.165, 1.54) is 13.8 Å². The van der Waals surface area contributed by atoms with Crippen molar-refractivity contribution in [2.45, 2.75) is 45.8 Å². The Labute approximate surface area is 128 Å². The molecule has 2 rings (SSSR count). The van der Waals surface area contributed by atoms with E-state index in [2.05, 4.69) is 5.10 Å². The molecule has 0 aliphatic rings. The van der Waals surface area contributed by atoms with Gasteiger partial charge in [0.05, 0.1) is 12.1 Å². The number of nitrogens with zero attached hydrogens (tertiary/aromatic N) is 2. The maximum Gasteiger partial charge on any atom is 0.357 e. The van der Waals surface area contributed by atoms with Gasteiger partial charge in [-0.2, -0.15) is 5.10 Å². The summed E-state index contributed by atoms with van der Waals surface area (Å²) >= 11 is 0. The monoisotopic (exact) mass is 308 g/mol. The third kappa shape index (κ3) is 3.75. The molecule has 0 bridgehead atoms. The van der Waals surface area contributed by atoms with Crippen LogP contribution in [0.4, 0.5) is 4.39 Å². The van der Waals surface area contributed by atoms with Crippen LogP contribution in [-0.2, 0) is 6.54 Å². The Kier molecular flexibility index (Phi) is 4.68. The molecule has 0 fully saturated rings. The van der Waals surface area contributed by atoms with Crippen LogP contribution in [-0.4, -0.2) is 33.1 Å². The first kappa shape index (κ1) is 16.3. The smallest absolute Gasteiger partial charge is 0.357 e. The fraction of sp³-hybridized carbons (Fsp3) is 0.500. The number of fused-ring (bicyclic) bond motifs is 1. The van der Waals surface area contributed by atoms with E-state index in [-0.39, 0.29) is 12.3 Å². The van der Waals surface area contributed by atoms with E-state index in [1.807, 2.05) is 6.92 Å². The van der Waals surface area contributed by atoms with Crippen LogP contribution >= 0.6 is 0 Å².